The van der Waals surface area contributed by atoms with Crippen LogP contribution in [-0.2, 0) is 6.54 Å². The van der Waals surface area contributed by atoms with Crippen molar-refractivity contribution in [3.05, 3.63) is 74.9 Å². The second-order valence-electron chi connectivity index (χ2n) is 11.6. The molecule has 1 aromatic heterocycles. The Balaban J connectivity index is 1.20. The van der Waals surface area contributed by atoms with Gasteiger partial charge in [-0.05, 0) is 116 Å². The highest BCUT2D eigenvalue weighted by Gasteiger charge is 2.50. The van der Waals surface area contributed by atoms with Crippen LogP contribution >= 0.6 is 34.8 Å². The van der Waals surface area contributed by atoms with Gasteiger partial charge in [-0.15, -0.1) is 0 Å². The van der Waals surface area contributed by atoms with Crippen LogP contribution in [0.3, 0.4) is 0 Å². The highest BCUT2D eigenvalue weighted by molar-refractivity contribution is 6.35. The second kappa shape index (κ2) is 9.87. The van der Waals surface area contributed by atoms with E-state index in [2.05, 4.69) is 22.1 Å². The molecule has 2 aromatic carbocycles. The molecule has 4 fully saturated rings. The number of hydrogen-bond donors (Lipinski definition) is 2. The molecule has 0 aliphatic heterocycles. The number of aromatic nitrogens is 1. The van der Waals surface area contributed by atoms with Gasteiger partial charge in [0.05, 0.1) is 16.4 Å². The van der Waals surface area contributed by atoms with E-state index in [-0.39, 0.29) is 6.03 Å². The van der Waals surface area contributed by atoms with Crippen molar-refractivity contribution in [1.82, 2.24) is 15.2 Å². The number of benzene rings is 2. The van der Waals surface area contributed by atoms with Gasteiger partial charge in [0.2, 0.25) is 0 Å². The summed E-state index contributed by atoms with van der Waals surface area (Å²) in [6, 6.07) is 13.2. The molecule has 194 valence electrons. The maximum Gasteiger partial charge on any atom is 0.315 e. The van der Waals surface area contributed by atoms with Crippen LogP contribution in [0.5, 0.6) is 0 Å². The molecule has 4 aliphatic carbocycles. The maximum absolute atomic E-state index is 12.9. The van der Waals surface area contributed by atoms with Crippen LogP contribution in [0.4, 0.5) is 4.79 Å². The zero-order valence-electron chi connectivity index (χ0n) is 21.0. The molecule has 1 heterocycles. The Hall–Kier alpha value is -2.14. The van der Waals surface area contributed by atoms with E-state index in [4.69, 9.17) is 34.8 Å². The largest absolute Gasteiger partial charge is 0.338 e. The van der Waals surface area contributed by atoms with Crippen LogP contribution in [0.2, 0.25) is 15.1 Å². The lowest BCUT2D eigenvalue weighted by Crippen LogP contribution is -2.52. The van der Waals surface area contributed by atoms with Crippen LogP contribution in [0.15, 0.2) is 48.7 Å². The van der Waals surface area contributed by atoms with Crippen LogP contribution in [0.1, 0.15) is 49.7 Å². The molecule has 0 atom stereocenters. The quantitative estimate of drug-likeness (QED) is 0.314. The van der Waals surface area contributed by atoms with Crippen molar-refractivity contribution in [3.8, 4) is 16.9 Å². The van der Waals surface area contributed by atoms with Crippen molar-refractivity contribution in [2.45, 2.75) is 52.0 Å². The number of hydrogen-bond acceptors (Lipinski definition) is 1. The lowest BCUT2D eigenvalue weighted by molar-refractivity contribution is -0.0498. The molecular weight excluding hydrogens is 525 g/mol. The smallest absolute Gasteiger partial charge is 0.315 e. The fourth-order valence-corrected chi connectivity index (χ4v) is 8.30. The second-order valence-corrected chi connectivity index (χ2v) is 12.8. The topological polar surface area (TPSA) is 46.1 Å². The lowest BCUT2D eigenvalue weighted by Gasteiger charge is -2.56. The van der Waals surface area contributed by atoms with Gasteiger partial charge >= 0.3 is 6.03 Å². The third-order valence-corrected chi connectivity index (χ3v) is 9.67. The first-order valence-corrected chi connectivity index (χ1v) is 14.4. The van der Waals surface area contributed by atoms with Gasteiger partial charge in [0.15, 0.2) is 0 Å². The fourth-order valence-electron chi connectivity index (χ4n) is 7.67. The van der Waals surface area contributed by atoms with E-state index in [9.17, 15) is 4.79 Å². The Labute approximate surface area is 233 Å². The van der Waals surface area contributed by atoms with E-state index < -0.39 is 0 Å². The predicted molar refractivity (Wildman–Crippen MR) is 152 cm³/mol. The predicted octanol–water partition coefficient (Wildman–Crippen LogP) is 8.43. The van der Waals surface area contributed by atoms with Crippen LogP contribution in [0, 0.1) is 30.1 Å². The Morgan fingerprint density at radius 1 is 0.919 bits per heavy atom. The number of carbonyl (C=O) groups excluding carboxylic acids is 1. The first-order valence-electron chi connectivity index (χ1n) is 13.2. The summed E-state index contributed by atoms with van der Waals surface area (Å²) in [4.78, 5) is 12.9. The van der Waals surface area contributed by atoms with E-state index in [0.29, 0.717) is 27.0 Å². The van der Waals surface area contributed by atoms with Gasteiger partial charge in [-0.25, -0.2) is 4.79 Å². The minimum absolute atomic E-state index is 0.0968. The molecular formula is C30H32Cl3N3O. The van der Waals surface area contributed by atoms with Crippen molar-refractivity contribution in [3.63, 3.8) is 0 Å². The molecule has 2 amide bonds. The summed E-state index contributed by atoms with van der Waals surface area (Å²) < 4.78 is 2.07. The molecule has 4 saturated carbocycles. The summed E-state index contributed by atoms with van der Waals surface area (Å²) in [5.74, 6) is 2.64. The normalized spacial score (nSPS) is 25.9. The summed E-state index contributed by atoms with van der Waals surface area (Å²) in [5.41, 5.74) is 5.28. The molecule has 0 saturated heterocycles. The monoisotopic (exact) mass is 555 g/mol. The van der Waals surface area contributed by atoms with E-state index >= 15 is 0 Å². The van der Waals surface area contributed by atoms with Gasteiger partial charge in [-0.3, -0.25) is 0 Å². The molecule has 4 aliphatic rings. The number of urea groups is 1. The average molecular weight is 557 g/mol. The summed E-state index contributed by atoms with van der Waals surface area (Å²) in [7, 11) is 0. The lowest BCUT2D eigenvalue weighted by atomic mass is 9.49. The first-order chi connectivity index (χ1) is 17.8. The minimum Gasteiger partial charge on any atom is -0.338 e. The average Bonchev–Trinajstić information content (AvgIpc) is 3.17. The maximum atomic E-state index is 12.9. The van der Waals surface area contributed by atoms with E-state index in [1.54, 1.807) is 6.07 Å². The summed E-state index contributed by atoms with van der Waals surface area (Å²) in [6.45, 7) is 3.30. The molecule has 2 N–H and O–H groups in total. The van der Waals surface area contributed by atoms with Gasteiger partial charge in [-0.1, -0.05) is 46.9 Å². The van der Waals surface area contributed by atoms with E-state index in [1.165, 1.54) is 38.5 Å². The summed E-state index contributed by atoms with van der Waals surface area (Å²) >= 11 is 18.9. The Morgan fingerprint density at radius 3 is 2.16 bits per heavy atom. The van der Waals surface area contributed by atoms with Crippen molar-refractivity contribution >= 4 is 40.8 Å². The third-order valence-electron chi connectivity index (χ3n) is 8.88. The van der Waals surface area contributed by atoms with E-state index in [0.717, 1.165) is 52.4 Å². The number of carbonyl (C=O) groups is 1. The molecule has 0 unspecified atom stereocenters. The molecule has 0 spiro atoms. The molecule has 4 bridgehead atoms. The van der Waals surface area contributed by atoms with E-state index in [1.807, 2.05) is 42.6 Å². The number of amides is 2. The fraction of sp³-hybridized carbons (Fsp3) is 0.433. The van der Waals surface area contributed by atoms with Gasteiger partial charge in [-0.2, -0.15) is 0 Å². The molecule has 7 heteroatoms. The van der Waals surface area contributed by atoms with Crippen molar-refractivity contribution < 1.29 is 4.79 Å². The highest BCUT2D eigenvalue weighted by Crippen LogP contribution is 2.59. The molecule has 4 nitrogen and oxygen atoms in total. The van der Waals surface area contributed by atoms with Gasteiger partial charge < -0.3 is 15.2 Å². The SMILES string of the molecule is Cc1c(CNC(=O)NCC23CC4CC(CC(C4)C2)C3)cn(-c2ccc(Cl)cc2Cl)c1-c1ccc(Cl)cc1. The number of halogens is 3. The van der Waals surface area contributed by atoms with Crippen LogP contribution in [0.25, 0.3) is 16.9 Å². The standard InChI is InChI=1S/C30H32Cl3N3O/c1-18-23(15-34-29(37)35-17-30-12-19-8-20(13-30)10-21(9-19)14-30)16-36(27-7-6-25(32)11-26(27)33)28(18)22-2-4-24(31)5-3-22/h2-7,11,16,19-21H,8-10,12-15,17H2,1H3,(H2,34,35,37). The highest BCUT2D eigenvalue weighted by atomic mass is 35.5. The van der Waals surface area contributed by atoms with Gasteiger partial charge in [0.25, 0.3) is 0 Å². The Kier molecular flexibility index (Phi) is 6.71. The van der Waals surface area contributed by atoms with Gasteiger partial charge in [0.1, 0.15) is 0 Å². The molecule has 7 rings (SSSR count). The zero-order valence-corrected chi connectivity index (χ0v) is 23.3. The van der Waals surface area contributed by atoms with Crippen molar-refractivity contribution in [2.75, 3.05) is 6.54 Å². The molecule has 37 heavy (non-hydrogen) atoms. The van der Waals surface area contributed by atoms with Gasteiger partial charge in [0, 0.05) is 29.3 Å². The third kappa shape index (κ3) is 5.01. The molecule has 3 aromatic rings. The first kappa shape index (κ1) is 25.2. The molecule has 0 radical (unpaired) electrons. The Bertz CT molecular complexity index is 1300. The summed E-state index contributed by atoms with van der Waals surface area (Å²) in [6.07, 6.45) is 10.1. The number of rotatable bonds is 6. The minimum atomic E-state index is -0.0968. The van der Waals surface area contributed by atoms with Crippen molar-refractivity contribution in [2.24, 2.45) is 23.2 Å². The zero-order chi connectivity index (χ0) is 25.7. The number of nitrogens with zero attached hydrogens (tertiary/aromatic N) is 1. The Morgan fingerprint density at radius 2 is 1.54 bits per heavy atom. The van der Waals surface area contributed by atoms with Crippen LogP contribution < -0.4 is 10.6 Å². The van der Waals surface area contributed by atoms with Crippen LogP contribution in [-0.4, -0.2) is 17.1 Å². The number of nitrogens with one attached hydrogen (secondary N) is 2. The van der Waals surface area contributed by atoms with Crippen molar-refractivity contribution in [1.29, 1.82) is 0 Å². The summed E-state index contributed by atoms with van der Waals surface area (Å²) in [5, 5.41) is 8.17.